The van der Waals surface area contributed by atoms with Crippen molar-refractivity contribution >= 4 is 33.4 Å². The van der Waals surface area contributed by atoms with Crippen LogP contribution in [0.5, 0.6) is 11.5 Å². The van der Waals surface area contributed by atoms with Gasteiger partial charge in [0.25, 0.3) is 0 Å². The molecule has 2 radical (unpaired) electrons. The van der Waals surface area contributed by atoms with Crippen LogP contribution in [0.15, 0.2) is 24.3 Å². The Balaban J connectivity index is 0.000000845. The summed E-state index contributed by atoms with van der Waals surface area (Å²) in [6, 6.07) is 5.91. The molecule has 0 bridgehead atoms. The van der Waals surface area contributed by atoms with Crippen LogP contribution in [0.4, 0.5) is 0 Å². The number of rotatable bonds is 1. The van der Waals surface area contributed by atoms with Crippen molar-refractivity contribution in [1.29, 1.82) is 0 Å². The molecule has 3 heteroatoms. The summed E-state index contributed by atoms with van der Waals surface area (Å²) in [6.07, 6.45) is 4.03. The first kappa shape index (κ1) is 10.6. The Morgan fingerprint density at radius 2 is 2.00 bits per heavy atom. The molecule has 68 valence electrons. The summed E-state index contributed by atoms with van der Waals surface area (Å²) in [7, 11) is 0. The fraction of sp³-hybridized carbons (Fsp3) is 0.200. The topological polar surface area (TPSA) is 18.5 Å². The first-order chi connectivity index (χ1) is 5.90. The van der Waals surface area contributed by atoms with Crippen molar-refractivity contribution in [2.24, 2.45) is 0 Å². The van der Waals surface area contributed by atoms with E-state index in [2.05, 4.69) is 0 Å². The second-order valence-electron chi connectivity index (χ2n) is 2.61. The number of hydrogen-bond donors (Lipinski definition) is 0. The fourth-order valence-corrected chi connectivity index (χ4v) is 1.21. The zero-order chi connectivity index (χ0) is 8.39. The van der Waals surface area contributed by atoms with E-state index in [-0.39, 0.29) is 27.3 Å². The molecule has 0 unspecified atom stereocenters. The van der Waals surface area contributed by atoms with Crippen LogP contribution >= 0.6 is 0 Å². The molecule has 0 saturated heterocycles. The van der Waals surface area contributed by atoms with Crippen molar-refractivity contribution in [3.8, 4) is 11.5 Å². The van der Waals surface area contributed by atoms with Crippen molar-refractivity contribution in [2.75, 3.05) is 6.79 Å². The number of fused-ring (bicyclic) bond motifs is 1. The quantitative estimate of drug-likeness (QED) is 0.698. The Kier molecular flexibility index (Phi) is 3.77. The fourth-order valence-electron chi connectivity index (χ4n) is 1.21. The van der Waals surface area contributed by atoms with Gasteiger partial charge in [0.1, 0.15) is 0 Å². The molecule has 0 atom stereocenters. The minimum absolute atomic E-state index is 0. The van der Waals surface area contributed by atoms with Gasteiger partial charge in [0.05, 0.1) is 0 Å². The van der Waals surface area contributed by atoms with Crippen LogP contribution in [0.25, 0.3) is 6.08 Å². The van der Waals surface area contributed by atoms with Gasteiger partial charge in [0.15, 0.2) is 11.5 Å². The Morgan fingerprint density at radius 1 is 1.23 bits per heavy atom. The van der Waals surface area contributed by atoms with Gasteiger partial charge >= 0.3 is 27.3 Å². The van der Waals surface area contributed by atoms with E-state index in [0.717, 1.165) is 17.1 Å². The molecule has 1 heterocycles. The van der Waals surface area contributed by atoms with Gasteiger partial charge in [-0.3, -0.25) is 0 Å². The summed E-state index contributed by atoms with van der Waals surface area (Å²) in [5, 5.41) is 0. The van der Waals surface area contributed by atoms with Crippen LogP contribution in [-0.4, -0.2) is 34.1 Å². The molecule has 0 spiro atoms. The van der Waals surface area contributed by atoms with Crippen LogP contribution in [0, 0.1) is 0 Å². The first-order valence-corrected chi connectivity index (χ1v) is 3.92. The average molecular weight is 371 g/mol. The van der Waals surface area contributed by atoms with Gasteiger partial charge in [-0.05, 0) is 24.6 Å². The molecule has 2 rings (SSSR count). The minimum atomic E-state index is 0. The van der Waals surface area contributed by atoms with Crippen molar-refractivity contribution < 1.29 is 9.47 Å². The first-order valence-electron chi connectivity index (χ1n) is 3.92. The third-order valence-electron chi connectivity index (χ3n) is 1.76. The molecule has 1 aromatic rings. The molecule has 0 amide bonds. The molecule has 1 aromatic carbocycles. The molecule has 0 aliphatic carbocycles. The molecule has 0 aromatic heterocycles. The normalized spacial score (nSPS) is 13.0. The summed E-state index contributed by atoms with van der Waals surface area (Å²) in [5.41, 5.74) is 1.14. The van der Waals surface area contributed by atoms with E-state index in [1.165, 1.54) is 0 Å². The number of allylic oxidation sites excluding steroid dienone is 1. The molecule has 0 fully saturated rings. The number of ether oxygens (including phenoxy) is 2. The number of benzene rings is 1. The molecule has 2 nitrogen and oxygen atoms in total. The predicted octanol–water partition coefficient (Wildman–Crippen LogP) is 1.53. The van der Waals surface area contributed by atoms with Gasteiger partial charge in [-0.1, -0.05) is 18.2 Å². The van der Waals surface area contributed by atoms with E-state index in [4.69, 9.17) is 9.47 Å². The Bertz CT molecular complexity index is 321. The van der Waals surface area contributed by atoms with Crippen molar-refractivity contribution in [1.82, 2.24) is 0 Å². The van der Waals surface area contributed by atoms with Crippen LogP contribution < -0.4 is 9.47 Å². The standard InChI is InChI=1S/C10H10O2.Pb.2H/c1-2-3-8-4-5-9-10(6-8)12-7-11-9;;;/h2-6H,7H2,1H3;;;. The van der Waals surface area contributed by atoms with Crippen LogP contribution in [0.3, 0.4) is 0 Å². The van der Waals surface area contributed by atoms with Crippen molar-refractivity contribution in [2.45, 2.75) is 6.92 Å². The summed E-state index contributed by atoms with van der Waals surface area (Å²) in [4.78, 5) is 0. The Hall–Kier alpha value is -0.518. The van der Waals surface area contributed by atoms with Crippen LogP contribution in [-0.2, 0) is 0 Å². The third kappa shape index (κ3) is 2.24. The maximum atomic E-state index is 5.23. The van der Waals surface area contributed by atoms with E-state index in [1.54, 1.807) is 0 Å². The molecule has 1 aliphatic rings. The second kappa shape index (κ2) is 4.64. The van der Waals surface area contributed by atoms with E-state index in [1.807, 2.05) is 37.3 Å². The molecule has 13 heavy (non-hydrogen) atoms. The van der Waals surface area contributed by atoms with Gasteiger partial charge in [0.2, 0.25) is 6.79 Å². The summed E-state index contributed by atoms with van der Waals surface area (Å²) >= 11 is 0. The van der Waals surface area contributed by atoms with Gasteiger partial charge in [-0.15, -0.1) is 0 Å². The molecule has 1 aliphatic heterocycles. The molecular formula is C10H12O2Pb. The van der Waals surface area contributed by atoms with Crippen molar-refractivity contribution in [3.05, 3.63) is 29.8 Å². The molecule has 0 saturated carbocycles. The van der Waals surface area contributed by atoms with Crippen LogP contribution in [0.2, 0.25) is 0 Å². The van der Waals surface area contributed by atoms with E-state index in [0.29, 0.717) is 6.79 Å². The monoisotopic (exact) mass is 372 g/mol. The summed E-state index contributed by atoms with van der Waals surface area (Å²) in [5.74, 6) is 1.67. The zero-order valence-corrected chi connectivity index (χ0v) is 13.1. The Labute approximate surface area is 97.7 Å². The average Bonchev–Trinajstić information content (AvgIpc) is 2.51. The van der Waals surface area contributed by atoms with Crippen molar-refractivity contribution in [3.63, 3.8) is 0 Å². The molecular weight excluding hydrogens is 359 g/mol. The van der Waals surface area contributed by atoms with Gasteiger partial charge in [-0.2, -0.15) is 0 Å². The predicted molar refractivity (Wildman–Crippen MR) is 55.8 cm³/mol. The van der Waals surface area contributed by atoms with Gasteiger partial charge < -0.3 is 9.47 Å². The number of hydrogen-bond acceptors (Lipinski definition) is 2. The van der Waals surface area contributed by atoms with Gasteiger partial charge in [-0.25, -0.2) is 0 Å². The molecule has 0 N–H and O–H groups in total. The van der Waals surface area contributed by atoms with E-state index < -0.39 is 0 Å². The summed E-state index contributed by atoms with van der Waals surface area (Å²) < 4.78 is 10.4. The van der Waals surface area contributed by atoms with E-state index in [9.17, 15) is 0 Å². The van der Waals surface area contributed by atoms with Gasteiger partial charge in [0, 0.05) is 0 Å². The maximum absolute atomic E-state index is 5.23. The Morgan fingerprint density at radius 3 is 2.77 bits per heavy atom. The third-order valence-corrected chi connectivity index (χ3v) is 1.76. The zero-order valence-electron chi connectivity index (χ0n) is 7.62. The SMILES string of the molecule is CC=Cc1ccc2c(c1)OCO2.[PbH2]. The second-order valence-corrected chi connectivity index (χ2v) is 2.61. The van der Waals surface area contributed by atoms with Crippen LogP contribution in [0.1, 0.15) is 12.5 Å². The van der Waals surface area contributed by atoms with E-state index >= 15 is 0 Å². The summed E-state index contributed by atoms with van der Waals surface area (Å²) in [6.45, 7) is 2.33.